The number of nitrogens with one attached hydrogen (secondary N) is 1. The van der Waals surface area contributed by atoms with Crippen LogP contribution >= 0.6 is 0 Å². The molecule has 0 spiro atoms. The number of nitrogens with zero attached hydrogens (tertiary/aromatic N) is 1. The monoisotopic (exact) mass is 384 g/mol. The van der Waals surface area contributed by atoms with Gasteiger partial charge >= 0.3 is 0 Å². The highest BCUT2D eigenvalue weighted by atomic mass is 16.1. The fourth-order valence-corrected chi connectivity index (χ4v) is 3.95. The molecule has 4 rings (SSSR count). The van der Waals surface area contributed by atoms with Gasteiger partial charge in [-0.3, -0.25) is 9.69 Å². The first-order chi connectivity index (χ1) is 14.2. The predicted molar refractivity (Wildman–Crippen MR) is 119 cm³/mol. The summed E-state index contributed by atoms with van der Waals surface area (Å²) < 4.78 is 0. The summed E-state index contributed by atoms with van der Waals surface area (Å²) in [6, 6.07) is 27.3. The lowest BCUT2D eigenvalue weighted by molar-refractivity contribution is 0.0937. The van der Waals surface area contributed by atoms with E-state index in [1.807, 2.05) is 30.3 Å². The van der Waals surface area contributed by atoms with Crippen LogP contribution in [0.1, 0.15) is 34.8 Å². The van der Waals surface area contributed by atoms with Gasteiger partial charge in [0, 0.05) is 31.2 Å². The largest absolute Gasteiger partial charge is 0.348 e. The fraction of sp³-hybridized carbons (Fsp3) is 0.269. The third-order valence-electron chi connectivity index (χ3n) is 5.70. The van der Waals surface area contributed by atoms with Crippen LogP contribution in [0.3, 0.4) is 0 Å². The third kappa shape index (κ3) is 4.93. The smallest absolute Gasteiger partial charge is 0.251 e. The van der Waals surface area contributed by atoms with Crippen molar-refractivity contribution in [3.8, 4) is 11.1 Å². The van der Waals surface area contributed by atoms with E-state index in [1.54, 1.807) is 0 Å². The van der Waals surface area contributed by atoms with Crippen molar-refractivity contribution in [3.63, 3.8) is 0 Å². The molecule has 3 nitrogen and oxygen atoms in total. The van der Waals surface area contributed by atoms with E-state index in [2.05, 4.69) is 65.7 Å². The molecule has 1 saturated heterocycles. The van der Waals surface area contributed by atoms with Crippen LogP contribution in [0.25, 0.3) is 11.1 Å². The van der Waals surface area contributed by atoms with Crippen LogP contribution in [-0.2, 0) is 13.0 Å². The molecule has 148 valence electrons. The highest BCUT2D eigenvalue weighted by Crippen LogP contribution is 2.21. The molecule has 29 heavy (non-hydrogen) atoms. The van der Waals surface area contributed by atoms with Gasteiger partial charge in [0.25, 0.3) is 5.91 Å². The molecular weight excluding hydrogens is 356 g/mol. The van der Waals surface area contributed by atoms with Crippen LogP contribution in [-0.4, -0.2) is 29.9 Å². The summed E-state index contributed by atoms with van der Waals surface area (Å²) in [5.74, 6) is 0.0180. The second-order valence-corrected chi connectivity index (χ2v) is 7.81. The molecule has 1 atom stereocenters. The number of aryl methyl sites for hydroxylation is 1. The molecule has 0 aliphatic carbocycles. The summed E-state index contributed by atoms with van der Waals surface area (Å²) in [7, 11) is 0. The number of benzene rings is 3. The number of hydrogen-bond acceptors (Lipinski definition) is 2. The maximum atomic E-state index is 12.7. The van der Waals surface area contributed by atoms with Gasteiger partial charge in [0.2, 0.25) is 0 Å². The Balaban J connectivity index is 1.32. The molecule has 0 aromatic heterocycles. The molecule has 3 aromatic rings. The number of amides is 1. The minimum absolute atomic E-state index is 0.0180. The lowest BCUT2D eigenvalue weighted by atomic mass is 10.0. The van der Waals surface area contributed by atoms with Crippen molar-refractivity contribution < 1.29 is 4.79 Å². The normalized spacial score (nSPS) is 16.7. The summed E-state index contributed by atoms with van der Waals surface area (Å²) in [6.45, 7) is 5.03. The maximum Gasteiger partial charge on any atom is 0.251 e. The Morgan fingerprint density at radius 2 is 1.55 bits per heavy atom. The lowest BCUT2D eigenvalue weighted by Crippen LogP contribution is -2.36. The zero-order valence-electron chi connectivity index (χ0n) is 17.0. The minimum atomic E-state index is 0.0180. The van der Waals surface area contributed by atoms with Gasteiger partial charge in [-0.05, 0) is 47.2 Å². The summed E-state index contributed by atoms with van der Waals surface area (Å²) in [5.41, 5.74) is 5.70. The second kappa shape index (κ2) is 9.06. The van der Waals surface area contributed by atoms with Gasteiger partial charge < -0.3 is 5.32 Å². The summed E-state index contributed by atoms with van der Waals surface area (Å²) in [4.78, 5) is 15.1. The van der Waals surface area contributed by atoms with E-state index in [0.29, 0.717) is 0 Å². The Morgan fingerprint density at radius 1 is 0.897 bits per heavy atom. The molecule has 0 bridgehead atoms. The Labute approximate surface area is 173 Å². The molecule has 1 amide bonds. The molecule has 1 fully saturated rings. The molecule has 0 unspecified atom stereocenters. The van der Waals surface area contributed by atoms with Crippen LogP contribution in [0.5, 0.6) is 0 Å². The lowest BCUT2D eigenvalue weighted by Gasteiger charge is -2.17. The van der Waals surface area contributed by atoms with Gasteiger partial charge in [-0.15, -0.1) is 0 Å². The second-order valence-electron chi connectivity index (χ2n) is 7.81. The number of carbonyl (C=O) groups is 1. The van der Waals surface area contributed by atoms with E-state index in [0.717, 1.165) is 43.6 Å². The quantitative estimate of drug-likeness (QED) is 0.654. The Kier molecular flexibility index (Phi) is 6.06. The molecule has 1 aliphatic rings. The van der Waals surface area contributed by atoms with E-state index in [9.17, 15) is 4.79 Å². The molecule has 1 heterocycles. The van der Waals surface area contributed by atoms with Gasteiger partial charge in [-0.1, -0.05) is 73.7 Å². The number of rotatable bonds is 6. The first-order valence-electron chi connectivity index (χ1n) is 10.5. The summed E-state index contributed by atoms with van der Waals surface area (Å²) in [6.07, 6.45) is 2.05. The molecule has 1 aliphatic heterocycles. The predicted octanol–water partition coefficient (Wildman–Crippen LogP) is 4.92. The van der Waals surface area contributed by atoms with Gasteiger partial charge in [0.15, 0.2) is 0 Å². The Morgan fingerprint density at radius 3 is 2.21 bits per heavy atom. The van der Waals surface area contributed by atoms with E-state index < -0.39 is 0 Å². The van der Waals surface area contributed by atoms with Crippen LogP contribution < -0.4 is 5.32 Å². The van der Waals surface area contributed by atoms with Crippen molar-refractivity contribution in [2.75, 3.05) is 13.1 Å². The van der Waals surface area contributed by atoms with Gasteiger partial charge in [-0.2, -0.15) is 0 Å². The Bertz CT molecular complexity index is 933. The molecule has 3 heteroatoms. The first kappa shape index (κ1) is 19.4. The molecule has 3 aromatic carbocycles. The van der Waals surface area contributed by atoms with Gasteiger partial charge in [0.1, 0.15) is 0 Å². The van der Waals surface area contributed by atoms with Crippen molar-refractivity contribution in [1.29, 1.82) is 0 Å². The summed E-state index contributed by atoms with van der Waals surface area (Å²) >= 11 is 0. The van der Waals surface area contributed by atoms with Crippen LogP contribution in [0.4, 0.5) is 0 Å². The molecular formula is C26H28N2O. The highest BCUT2D eigenvalue weighted by Gasteiger charge is 2.24. The maximum absolute atomic E-state index is 12.7. The van der Waals surface area contributed by atoms with E-state index in [-0.39, 0.29) is 11.9 Å². The van der Waals surface area contributed by atoms with Crippen LogP contribution in [0, 0.1) is 0 Å². The molecule has 1 N–H and O–H groups in total. The molecule has 0 radical (unpaired) electrons. The average molecular weight is 385 g/mol. The Hall–Kier alpha value is -2.91. The number of likely N-dealkylation sites (tertiary alicyclic amines) is 1. The number of hydrogen-bond donors (Lipinski definition) is 1. The van der Waals surface area contributed by atoms with Crippen molar-refractivity contribution in [2.24, 2.45) is 0 Å². The zero-order valence-corrected chi connectivity index (χ0v) is 17.0. The van der Waals surface area contributed by atoms with Crippen molar-refractivity contribution in [2.45, 2.75) is 32.4 Å². The van der Waals surface area contributed by atoms with Crippen LogP contribution in [0.2, 0.25) is 0 Å². The van der Waals surface area contributed by atoms with Crippen molar-refractivity contribution in [1.82, 2.24) is 10.2 Å². The number of carbonyl (C=O) groups excluding carboxylic acids is 1. The minimum Gasteiger partial charge on any atom is -0.348 e. The van der Waals surface area contributed by atoms with E-state index >= 15 is 0 Å². The summed E-state index contributed by atoms with van der Waals surface area (Å²) in [5, 5.41) is 3.20. The van der Waals surface area contributed by atoms with Crippen molar-refractivity contribution in [3.05, 3.63) is 95.6 Å². The first-order valence-corrected chi connectivity index (χ1v) is 10.5. The highest BCUT2D eigenvalue weighted by molar-refractivity contribution is 5.94. The topological polar surface area (TPSA) is 32.3 Å². The standard InChI is InChI=1S/C26H28N2O/c1-2-20-8-10-22(11-9-20)23-12-14-24(15-13-23)26(29)27-25-16-17-28(19-25)18-21-6-4-3-5-7-21/h3-15,25H,2,16-19H2,1H3,(H,27,29)/t25-/m1/s1. The van der Waals surface area contributed by atoms with Crippen LogP contribution in [0.15, 0.2) is 78.9 Å². The third-order valence-corrected chi connectivity index (χ3v) is 5.70. The van der Waals surface area contributed by atoms with Gasteiger partial charge in [0.05, 0.1) is 0 Å². The average Bonchev–Trinajstić information content (AvgIpc) is 3.21. The van der Waals surface area contributed by atoms with Crippen molar-refractivity contribution >= 4 is 5.91 Å². The SMILES string of the molecule is CCc1ccc(-c2ccc(C(=O)N[C@@H]3CCN(Cc4ccccc4)C3)cc2)cc1. The van der Waals surface area contributed by atoms with E-state index in [4.69, 9.17) is 0 Å². The zero-order chi connectivity index (χ0) is 20.1. The fourth-order valence-electron chi connectivity index (χ4n) is 3.95. The van der Waals surface area contributed by atoms with Gasteiger partial charge in [-0.25, -0.2) is 0 Å². The molecule has 0 saturated carbocycles. The van der Waals surface area contributed by atoms with E-state index in [1.165, 1.54) is 16.7 Å².